The molecule has 1 aliphatic carbocycles. The van der Waals surface area contributed by atoms with E-state index in [1.807, 2.05) is 27.7 Å². The van der Waals surface area contributed by atoms with Gasteiger partial charge in [0.25, 0.3) is 0 Å². The molecule has 1 unspecified atom stereocenters. The predicted molar refractivity (Wildman–Crippen MR) is 130 cm³/mol. The highest BCUT2D eigenvalue weighted by atomic mass is 16.6. The van der Waals surface area contributed by atoms with E-state index in [-0.39, 0.29) is 35.5 Å². The fourth-order valence-corrected chi connectivity index (χ4v) is 4.10. The molecule has 0 spiro atoms. The summed E-state index contributed by atoms with van der Waals surface area (Å²) in [4.78, 5) is 49.0. The van der Waals surface area contributed by atoms with E-state index in [4.69, 9.17) is 4.74 Å². The lowest BCUT2D eigenvalue weighted by Crippen LogP contribution is -2.50. The Labute approximate surface area is 204 Å². The number of carboxylic acid groups (broad SMARTS) is 1. The van der Waals surface area contributed by atoms with Gasteiger partial charge in [0.15, 0.2) is 0 Å². The first kappa shape index (κ1) is 29.7. The number of ether oxygens (including phenoxy) is 1. The second kappa shape index (κ2) is 13.5. The summed E-state index contributed by atoms with van der Waals surface area (Å²) in [5.74, 6) is -1.34. The van der Waals surface area contributed by atoms with Crippen LogP contribution in [-0.4, -0.2) is 53.2 Å². The number of carbonyl (C=O) groups is 4. The summed E-state index contributed by atoms with van der Waals surface area (Å²) < 4.78 is 5.29. The molecule has 0 bridgehead atoms. The number of alkyl carbamates (subject to hydrolysis) is 1. The number of hydrogen-bond acceptors (Lipinski definition) is 5. The molecular formula is C25H45N3O6. The van der Waals surface area contributed by atoms with Gasteiger partial charge in [-0.3, -0.25) is 9.59 Å². The van der Waals surface area contributed by atoms with Gasteiger partial charge in [-0.25, -0.2) is 9.59 Å². The quantitative estimate of drug-likeness (QED) is 0.356. The summed E-state index contributed by atoms with van der Waals surface area (Å²) in [6.07, 6.45) is 3.41. The van der Waals surface area contributed by atoms with Crippen molar-refractivity contribution in [1.82, 2.24) is 16.0 Å². The van der Waals surface area contributed by atoms with Crippen LogP contribution in [0.2, 0.25) is 0 Å². The van der Waals surface area contributed by atoms with E-state index in [9.17, 15) is 24.3 Å². The molecule has 9 nitrogen and oxygen atoms in total. The molecule has 196 valence electrons. The fraction of sp³-hybridized carbons (Fsp3) is 0.840. The molecule has 1 saturated carbocycles. The molecule has 34 heavy (non-hydrogen) atoms. The Morgan fingerprint density at radius 1 is 1.00 bits per heavy atom. The van der Waals surface area contributed by atoms with Crippen LogP contribution in [0.5, 0.6) is 0 Å². The minimum absolute atomic E-state index is 0.138. The number of hydrogen-bond donors (Lipinski definition) is 4. The maximum atomic E-state index is 12.8. The van der Waals surface area contributed by atoms with Crippen LogP contribution in [0.4, 0.5) is 4.79 Å². The molecule has 1 aliphatic rings. The Hall–Kier alpha value is -2.32. The summed E-state index contributed by atoms with van der Waals surface area (Å²) in [5, 5.41) is 17.7. The van der Waals surface area contributed by atoms with Gasteiger partial charge in [-0.15, -0.1) is 0 Å². The summed E-state index contributed by atoms with van der Waals surface area (Å²) in [7, 11) is 0. The van der Waals surface area contributed by atoms with Gasteiger partial charge in [-0.1, -0.05) is 34.1 Å². The smallest absolute Gasteiger partial charge is 0.408 e. The van der Waals surface area contributed by atoms with Gasteiger partial charge in [0.05, 0.1) is 0 Å². The van der Waals surface area contributed by atoms with Gasteiger partial charge in [-0.2, -0.15) is 0 Å². The molecule has 0 heterocycles. The SMILES string of the molecule is CCC(C)[C@H](NC(=O)C1CCC(CNC(=O)[C@@H](CC(C)C)NC(=O)OC(C)(C)C)CC1)C(=O)O. The van der Waals surface area contributed by atoms with E-state index in [1.165, 1.54) is 0 Å². The predicted octanol–water partition coefficient (Wildman–Crippen LogP) is 3.46. The highest BCUT2D eigenvalue weighted by molar-refractivity contribution is 5.86. The number of aliphatic carboxylic acids is 1. The molecule has 0 aromatic rings. The van der Waals surface area contributed by atoms with E-state index in [1.54, 1.807) is 20.8 Å². The molecule has 1 fully saturated rings. The standard InChI is InChI=1S/C25H45N3O6/c1-8-16(4)20(23(31)32)28-21(29)18-11-9-17(10-12-18)14-26-22(30)19(13-15(2)3)27-24(33)34-25(5,6)7/h15-20H,8-14H2,1-7H3,(H,26,30)(H,27,33)(H,28,29)(H,31,32)/t16?,17?,18?,19-,20+/m1/s1. The lowest BCUT2D eigenvalue weighted by molar-refractivity contribution is -0.144. The summed E-state index contributed by atoms with van der Waals surface area (Å²) in [6, 6.07) is -1.55. The molecular weight excluding hydrogens is 438 g/mol. The van der Waals surface area contributed by atoms with Crippen molar-refractivity contribution < 1.29 is 29.0 Å². The van der Waals surface area contributed by atoms with Crippen molar-refractivity contribution in [2.45, 2.75) is 105 Å². The zero-order valence-corrected chi connectivity index (χ0v) is 21.9. The summed E-state index contributed by atoms with van der Waals surface area (Å²) in [6.45, 7) is 13.5. The van der Waals surface area contributed by atoms with E-state index < -0.39 is 29.7 Å². The van der Waals surface area contributed by atoms with Gasteiger partial charge < -0.3 is 25.8 Å². The molecule has 3 amide bonds. The monoisotopic (exact) mass is 483 g/mol. The molecule has 0 saturated heterocycles. The Morgan fingerprint density at radius 3 is 2.06 bits per heavy atom. The highest BCUT2D eigenvalue weighted by Gasteiger charge is 2.32. The topological polar surface area (TPSA) is 134 Å². The molecule has 4 N–H and O–H groups in total. The second-order valence-electron chi connectivity index (χ2n) is 11.0. The number of nitrogens with one attached hydrogen (secondary N) is 3. The average Bonchev–Trinajstić information content (AvgIpc) is 2.73. The number of carboxylic acids is 1. The Kier molecular flexibility index (Phi) is 11.8. The Balaban J connectivity index is 2.54. The van der Waals surface area contributed by atoms with Crippen molar-refractivity contribution in [2.75, 3.05) is 6.54 Å². The first-order chi connectivity index (χ1) is 15.7. The maximum absolute atomic E-state index is 12.8. The maximum Gasteiger partial charge on any atom is 0.408 e. The van der Waals surface area contributed by atoms with Crippen LogP contribution < -0.4 is 16.0 Å². The molecule has 0 radical (unpaired) electrons. The number of rotatable bonds is 11. The van der Waals surface area contributed by atoms with Gasteiger partial charge in [-0.05, 0) is 70.6 Å². The first-order valence-electron chi connectivity index (χ1n) is 12.5. The van der Waals surface area contributed by atoms with Crippen LogP contribution in [0.25, 0.3) is 0 Å². The lowest BCUT2D eigenvalue weighted by atomic mass is 9.81. The molecule has 3 atom stereocenters. The third kappa shape index (κ3) is 10.7. The number of amides is 3. The fourth-order valence-electron chi connectivity index (χ4n) is 4.10. The molecule has 0 aliphatic heterocycles. The lowest BCUT2D eigenvalue weighted by Gasteiger charge is -2.30. The van der Waals surface area contributed by atoms with Crippen LogP contribution in [-0.2, 0) is 19.1 Å². The zero-order chi connectivity index (χ0) is 26.1. The van der Waals surface area contributed by atoms with Crippen LogP contribution in [0.3, 0.4) is 0 Å². The Bertz CT molecular complexity index is 695. The van der Waals surface area contributed by atoms with Crippen molar-refractivity contribution >= 4 is 23.9 Å². The highest BCUT2D eigenvalue weighted by Crippen LogP contribution is 2.29. The van der Waals surface area contributed by atoms with Crippen molar-refractivity contribution in [2.24, 2.45) is 23.7 Å². The van der Waals surface area contributed by atoms with Gasteiger partial charge in [0.1, 0.15) is 17.7 Å². The molecule has 9 heteroatoms. The molecule has 0 aromatic carbocycles. The summed E-state index contributed by atoms with van der Waals surface area (Å²) >= 11 is 0. The van der Waals surface area contributed by atoms with Crippen LogP contribution in [0.1, 0.15) is 87.0 Å². The molecule has 1 rings (SSSR count). The van der Waals surface area contributed by atoms with Crippen LogP contribution >= 0.6 is 0 Å². The third-order valence-electron chi connectivity index (χ3n) is 6.27. The van der Waals surface area contributed by atoms with Gasteiger partial charge >= 0.3 is 12.1 Å². The van der Waals surface area contributed by atoms with E-state index in [0.717, 1.165) is 12.8 Å². The average molecular weight is 484 g/mol. The first-order valence-corrected chi connectivity index (χ1v) is 12.5. The van der Waals surface area contributed by atoms with Gasteiger partial charge in [0.2, 0.25) is 11.8 Å². The van der Waals surface area contributed by atoms with Crippen LogP contribution in [0, 0.1) is 23.7 Å². The minimum Gasteiger partial charge on any atom is -0.480 e. The molecule has 0 aromatic heterocycles. The van der Waals surface area contributed by atoms with Crippen molar-refractivity contribution in [3.63, 3.8) is 0 Å². The Morgan fingerprint density at radius 2 is 1.59 bits per heavy atom. The zero-order valence-electron chi connectivity index (χ0n) is 21.9. The van der Waals surface area contributed by atoms with Crippen molar-refractivity contribution in [3.05, 3.63) is 0 Å². The number of carbonyl (C=O) groups excluding carboxylic acids is 3. The van der Waals surface area contributed by atoms with E-state index in [2.05, 4.69) is 16.0 Å². The largest absolute Gasteiger partial charge is 0.480 e. The van der Waals surface area contributed by atoms with Crippen molar-refractivity contribution in [1.29, 1.82) is 0 Å². The van der Waals surface area contributed by atoms with Gasteiger partial charge in [0, 0.05) is 12.5 Å². The minimum atomic E-state index is -1.00. The van der Waals surface area contributed by atoms with E-state index >= 15 is 0 Å². The normalized spacial score (nSPS) is 21.2. The summed E-state index contributed by atoms with van der Waals surface area (Å²) in [5.41, 5.74) is -0.646. The van der Waals surface area contributed by atoms with Crippen molar-refractivity contribution in [3.8, 4) is 0 Å². The second-order valence-corrected chi connectivity index (χ2v) is 11.0. The third-order valence-corrected chi connectivity index (χ3v) is 6.27. The van der Waals surface area contributed by atoms with E-state index in [0.29, 0.717) is 32.2 Å². The van der Waals surface area contributed by atoms with Crippen LogP contribution in [0.15, 0.2) is 0 Å².